The highest BCUT2D eigenvalue weighted by atomic mass is 16.1. The van der Waals surface area contributed by atoms with Gasteiger partial charge in [0.25, 0.3) is 0 Å². The van der Waals surface area contributed by atoms with Crippen molar-refractivity contribution < 1.29 is 4.79 Å². The van der Waals surface area contributed by atoms with E-state index >= 15 is 0 Å². The summed E-state index contributed by atoms with van der Waals surface area (Å²) in [6.45, 7) is 8.72. The van der Waals surface area contributed by atoms with Crippen LogP contribution in [0.2, 0.25) is 0 Å². The van der Waals surface area contributed by atoms with Gasteiger partial charge in [0, 0.05) is 11.8 Å². The van der Waals surface area contributed by atoms with Crippen LogP contribution in [0.4, 0.5) is 0 Å². The van der Waals surface area contributed by atoms with Crippen LogP contribution in [0.5, 0.6) is 0 Å². The van der Waals surface area contributed by atoms with Crippen molar-refractivity contribution in [3.63, 3.8) is 0 Å². The molecule has 1 N–H and O–H groups in total. The SMILES string of the molecule is CCCCCCCCCC(=O)C(C)(C)C1CCCNC1. The normalized spacial score (nSPS) is 20.1. The van der Waals surface area contributed by atoms with Gasteiger partial charge in [-0.25, -0.2) is 0 Å². The van der Waals surface area contributed by atoms with E-state index in [0.29, 0.717) is 11.7 Å². The average Bonchev–Trinajstić information content (AvgIpc) is 2.47. The molecule has 1 unspecified atom stereocenters. The van der Waals surface area contributed by atoms with E-state index in [0.717, 1.165) is 25.9 Å². The van der Waals surface area contributed by atoms with Gasteiger partial charge in [-0.15, -0.1) is 0 Å². The first kappa shape index (κ1) is 17.7. The summed E-state index contributed by atoms with van der Waals surface area (Å²) in [5, 5.41) is 3.44. The van der Waals surface area contributed by atoms with Crippen LogP contribution in [0.25, 0.3) is 0 Å². The van der Waals surface area contributed by atoms with E-state index in [1.54, 1.807) is 0 Å². The highest BCUT2D eigenvalue weighted by Crippen LogP contribution is 2.34. The van der Waals surface area contributed by atoms with Gasteiger partial charge in [-0.3, -0.25) is 4.79 Å². The lowest BCUT2D eigenvalue weighted by atomic mass is 9.71. The van der Waals surface area contributed by atoms with Gasteiger partial charge in [0.15, 0.2) is 0 Å². The summed E-state index contributed by atoms with van der Waals surface area (Å²) in [7, 11) is 0. The largest absolute Gasteiger partial charge is 0.316 e. The van der Waals surface area contributed by atoms with Crippen LogP contribution in [-0.2, 0) is 4.79 Å². The first-order valence-electron chi connectivity index (χ1n) is 8.83. The Bertz CT molecular complexity index is 267. The van der Waals surface area contributed by atoms with Crippen LogP contribution in [0.15, 0.2) is 0 Å². The molecule has 0 amide bonds. The maximum Gasteiger partial charge on any atom is 0.138 e. The fourth-order valence-electron chi connectivity index (χ4n) is 3.26. The van der Waals surface area contributed by atoms with Gasteiger partial charge in [0.1, 0.15) is 5.78 Å². The molecule has 1 saturated heterocycles. The molecule has 1 atom stereocenters. The molecular weight excluding hydrogens is 246 g/mol. The van der Waals surface area contributed by atoms with Gasteiger partial charge in [0.05, 0.1) is 0 Å². The summed E-state index contributed by atoms with van der Waals surface area (Å²) in [4.78, 5) is 12.5. The van der Waals surface area contributed by atoms with E-state index in [1.165, 1.54) is 51.4 Å². The zero-order chi connectivity index (χ0) is 14.8. The van der Waals surface area contributed by atoms with Crippen molar-refractivity contribution in [2.75, 3.05) is 13.1 Å². The quantitative estimate of drug-likeness (QED) is 0.587. The van der Waals surface area contributed by atoms with Crippen molar-refractivity contribution in [2.24, 2.45) is 11.3 Å². The predicted molar refractivity (Wildman–Crippen MR) is 87.0 cm³/mol. The number of unbranched alkanes of at least 4 members (excludes halogenated alkanes) is 6. The number of hydrogen-bond acceptors (Lipinski definition) is 2. The standard InChI is InChI=1S/C18H35NO/c1-4-5-6-7-8-9-10-13-17(20)18(2,3)16-12-11-14-19-15-16/h16,19H,4-15H2,1-3H3. The Labute approximate surface area is 126 Å². The van der Waals surface area contributed by atoms with Gasteiger partial charge in [-0.2, -0.15) is 0 Å². The molecular formula is C18H35NO. The predicted octanol–water partition coefficient (Wildman–Crippen LogP) is 4.72. The second-order valence-electron chi connectivity index (χ2n) is 7.06. The second-order valence-corrected chi connectivity index (χ2v) is 7.06. The molecule has 0 spiro atoms. The highest BCUT2D eigenvalue weighted by molar-refractivity contribution is 5.84. The lowest BCUT2D eigenvalue weighted by Crippen LogP contribution is -2.42. The van der Waals surface area contributed by atoms with Gasteiger partial charge in [0.2, 0.25) is 0 Å². The number of rotatable bonds is 10. The van der Waals surface area contributed by atoms with E-state index in [2.05, 4.69) is 26.1 Å². The molecule has 1 heterocycles. The molecule has 1 aliphatic heterocycles. The summed E-state index contributed by atoms with van der Waals surface area (Å²) in [5.41, 5.74) is -0.129. The lowest BCUT2D eigenvalue weighted by molar-refractivity contribution is -0.130. The molecule has 118 valence electrons. The number of hydrogen-bond donors (Lipinski definition) is 1. The molecule has 0 aromatic rings. The molecule has 0 bridgehead atoms. The lowest BCUT2D eigenvalue weighted by Gasteiger charge is -2.36. The average molecular weight is 281 g/mol. The number of Topliss-reactive ketones (excluding diaryl/α,β-unsaturated/α-hetero) is 1. The van der Waals surface area contributed by atoms with Crippen LogP contribution >= 0.6 is 0 Å². The second kappa shape index (κ2) is 9.55. The molecule has 0 aromatic heterocycles. The molecule has 20 heavy (non-hydrogen) atoms. The fraction of sp³-hybridized carbons (Fsp3) is 0.944. The maximum atomic E-state index is 12.5. The monoisotopic (exact) mass is 281 g/mol. The van der Waals surface area contributed by atoms with Crippen molar-refractivity contribution in [1.82, 2.24) is 5.32 Å². The number of ketones is 1. The van der Waals surface area contributed by atoms with Crippen molar-refractivity contribution in [3.8, 4) is 0 Å². The molecule has 0 aromatic carbocycles. The zero-order valence-electron chi connectivity index (χ0n) is 14.0. The molecule has 1 rings (SSSR count). The summed E-state index contributed by atoms with van der Waals surface area (Å²) >= 11 is 0. The summed E-state index contributed by atoms with van der Waals surface area (Å²) in [6, 6.07) is 0. The summed E-state index contributed by atoms with van der Waals surface area (Å²) < 4.78 is 0. The van der Waals surface area contributed by atoms with Crippen molar-refractivity contribution in [1.29, 1.82) is 0 Å². The minimum Gasteiger partial charge on any atom is -0.316 e. The van der Waals surface area contributed by atoms with Crippen LogP contribution in [0, 0.1) is 11.3 Å². The third-order valence-electron chi connectivity index (χ3n) is 5.04. The minimum absolute atomic E-state index is 0.129. The first-order valence-corrected chi connectivity index (χ1v) is 8.83. The molecule has 0 aliphatic carbocycles. The molecule has 0 radical (unpaired) electrons. The molecule has 2 nitrogen and oxygen atoms in total. The van der Waals surface area contributed by atoms with Crippen molar-refractivity contribution >= 4 is 5.78 Å². The van der Waals surface area contributed by atoms with Gasteiger partial charge in [-0.1, -0.05) is 59.3 Å². The summed E-state index contributed by atoms with van der Waals surface area (Å²) in [5.74, 6) is 1.02. The van der Waals surface area contributed by atoms with E-state index in [4.69, 9.17) is 0 Å². The smallest absolute Gasteiger partial charge is 0.138 e. The third-order valence-corrected chi connectivity index (χ3v) is 5.04. The highest BCUT2D eigenvalue weighted by Gasteiger charge is 2.36. The maximum absolute atomic E-state index is 12.5. The number of piperidine rings is 1. The van der Waals surface area contributed by atoms with Gasteiger partial charge >= 0.3 is 0 Å². The third kappa shape index (κ3) is 5.95. The topological polar surface area (TPSA) is 29.1 Å². The number of carbonyl (C=O) groups is 1. The van der Waals surface area contributed by atoms with Crippen LogP contribution in [0.1, 0.15) is 85.0 Å². The Morgan fingerprint density at radius 3 is 2.35 bits per heavy atom. The molecule has 1 aliphatic rings. The van der Waals surface area contributed by atoms with E-state index in [9.17, 15) is 4.79 Å². The Kier molecular flexibility index (Phi) is 8.44. The number of carbonyl (C=O) groups excluding carboxylic acids is 1. The van der Waals surface area contributed by atoms with Gasteiger partial charge in [-0.05, 0) is 38.3 Å². The first-order chi connectivity index (χ1) is 9.59. The van der Waals surface area contributed by atoms with E-state index < -0.39 is 0 Å². The van der Waals surface area contributed by atoms with Crippen LogP contribution < -0.4 is 5.32 Å². The Hall–Kier alpha value is -0.370. The van der Waals surface area contributed by atoms with Gasteiger partial charge < -0.3 is 5.32 Å². The van der Waals surface area contributed by atoms with Crippen molar-refractivity contribution in [2.45, 2.75) is 85.0 Å². The zero-order valence-corrected chi connectivity index (χ0v) is 14.0. The summed E-state index contributed by atoms with van der Waals surface area (Å²) in [6.07, 6.45) is 12.2. The Morgan fingerprint density at radius 1 is 1.10 bits per heavy atom. The Morgan fingerprint density at radius 2 is 1.75 bits per heavy atom. The minimum atomic E-state index is -0.129. The molecule has 0 saturated carbocycles. The fourth-order valence-corrected chi connectivity index (χ4v) is 3.26. The van der Waals surface area contributed by atoms with Crippen LogP contribution in [-0.4, -0.2) is 18.9 Å². The van der Waals surface area contributed by atoms with E-state index in [-0.39, 0.29) is 5.41 Å². The number of nitrogens with one attached hydrogen (secondary N) is 1. The van der Waals surface area contributed by atoms with Crippen LogP contribution in [0.3, 0.4) is 0 Å². The molecule has 2 heteroatoms. The Balaban J connectivity index is 2.17. The molecule has 1 fully saturated rings. The van der Waals surface area contributed by atoms with Crippen molar-refractivity contribution in [3.05, 3.63) is 0 Å². The van der Waals surface area contributed by atoms with E-state index in [1.807, 2.05) is 0 Å².